The van der Waals surface area contributed by atoms with Crippen molar-refractivity contribution in [2.75, 3.05) is 45.8 Å². The molecule has 2 fully saturated rings. The van der Waals surface area contributed by atoms with Crippen molar-refractivity contribution in [2.45, 2.75) is 26.7 Å². The maximum absolute atomic E-state index is 12.9. The van der Waals surface area contributed by atoms with Crippen molar-refractivity contribution < 1.29 is 4.79 Å². The number of amides is 1. The zero-order valence-electron chi connectivity index (χ0n) is 12.7. The van der Waals surface area contributed by atoms with E-state index in [0.717, 1.165) is 52.2 Å². The summed E-state index contributed by atoms with van der Waals surface area (Å²) in [5, 5.41) is 12.0. The third kappa shape index (κ3) is 2.97. The molecular weight excluding hydrogens is 252 g/mol. The molecule has 0 bridgehead atoms. The van der Waals surface area contributed by atoms with Crippen LogP contribution < -0.4 is 5.32 Å². The van der Waals surface area contributed by atoms with Crippen LogP contribution in [0.25, 0.3) is 0 Å². The molecule has 1 N–H and O–H groups in total. The van der Waals surface area contributed by atoms with Crippen molar-refractivity contribution in [2.24, 2.45) is 11.3 Å². The van der Waals surface area contributed by atoms with Gasteiger partial charge in [0, 0.05) is 45.7 Å². The molecular formula is C15H26N4O. The molecule has 0 aromatic rings. The molecule has 1 unspecified atom stereocenters. The number of nitrogens with zero attached hydrogens (tertiary/aromatic N) is 3. The highest BCUT2D eigenvalue weighted by molar-refractivity contribution is 5.84. The standard InChI is InChI=1S/C15H26N4O/c1-13(2)15(4-6-17-12-15)14(20)19-10-8-18(9-11-19)7-3-5-16/h13,17H,3-4,6-12H2,1-2H3. The van der Waals surface area contributed by atoms with Gasteiger partial charge in [0.1, 0.15) is 0 Å². The van der Waals surface area contributed by atoms with Gasteiger partial charge < -0.3 is 10.2 Å². The first-order valence-electron chi connectivity index (χ1n) is 7.69. The van der Waals surface area contributed by atoms with Crippen LogP contribution in [0.2, 0.25) is 0 Å². The normalized spacial score (nSPS) is 27.8. The Balaban J connectivity index is 1.93. The average molecular weight is 278 g/mol. The van der Waals surface area contributed by atoms with Gasteiger partial charge in [-0.2, -0.15) is 5.26 Å². The maximum atomic E-state index is 12.9. The number of carbonyl (C=O) groups excluding carboxylic acids is 1. The smallest absolute Gasteiger partial charge is 0.230 e. The van der Waals surface area contributed by atoms with Crippen molar-refractivity contribution in [3.63, 3.8) is 0 Å². The minimum atomic E-state index is -0.200. The number of hydrogen-bond acceptors (Lipinski definition) is 4. The molecule has 0 aliphatic carbocycles. The zero-order chi connectivity index (χ0) is 14.6. The summed E-state index contributed by atoms with van der Waals surface area (Å²) in [4.78, 5) is 17.2. The highest BCUT2D eigenvalue weighted by Crippen LogP contribution is 2.36. The van der Waals surface area contributed by atoms with E-state index in [2.05, 4.69) is 30.1 Å². The maximum Gasteiger partial charge on any atom is 0.230 e. The predicted molar refractivity (Wildman–Crippen MR) is 78.0 cm³/mol. The van der Waals surface area contributed by atoms with Crippen molar-refractivity contribution in [1.29, 1.82) is 5.26 Å². The summed E-state index contributed by atoms with van der Waals surface area (Å²) < 4.78 is 0. The van der Waals surface area contributed by atoms with Crippen LogP contribution >= 0.6 is 0 Å². The van der Waals surface area contributed by atoms with Crippen molar-refractivity contribution >= 4 is 5.91 Å². The topological polar surface area (TPSA) is 59.4 Å². The Hall–Kier alpha value is -1.12. The minimum Gasteiger partial charge on any atom is -0.340 e. The number of rotatable bonds is 4. The average Bonchev–Trinajstić information content (AvgIpc) is 2.96. The van der Waals surface area contributed by atoms with E-state index in [9.17, 15) is 4.79 Å². The minimum absolute atomic E-state index is 0.200. The van der Waals surface area contributed by atoms with Crippen molar-refractivity contribution in [3.05, 3.63) is 0 Å². The number of piperazine rings is 1. The lowest BCUT2D eigenvalue weighted by atomic mass is 9.75. The zero-order valence-corrected chi connectivity index (χ0v) is 12.7. The molecule has 20 heavy (non-hydrogen) atoms. The van der Waals surface area contributed by atoms with E-state index in [1.54, 1.807) is 0 Å². The molecule has 0 spiro atoms. The van der Waals surface area contributed by atoms with Crippen LogP contribution in [0.3, 0.4) is 0 Å². The summed E-state index contributed by atoms with van der Waals surface area (Å²) in [5.41, 5.74) is -0.200. The van der Waals surface area contributed by atoms with E-state index >= 15 is 0 Å². The second-order valence-electron chi connectivity index (χ2n) is 6.28. The van der Waals surface area contributed by atoms with Gasteiger partial charge in [-0.3, -0.25) is 9.69 Å². The highest BCUT2D eigenvalue weighted by Gasteiger charge is 2.46. The van der Waals surface area contributed by atoms with Crippen LogP contribution in [0.5, 0.6) is 0 Å². The molecule has 0 radical (unpaired) electrons. The Morgan fingerprint density at radius 1 is 1.35 bits per heavy atom. The third-order valence-corrected chi connectivity index (χ3v) is 4.92. The number of carbonyl (C=O) groups is 1. The largest absolute Gasteiger partial charge is 0.340 e. The van der Waals surface area contributed by atoms with E-state index in [-0.39, 0.29) is 5.41 Å². The summed E-state index contributed by atoms with van der Waals surface area (Å²) >= 11 is 0. The van der Waals surface area contributed by atoms with Crippen LogP contribution in [0.1, 0.15) is 26.7 Å². The van der Waals surface area contributed by atoms with E-state index in [0.29, 0.717) is 18.2 Å². The molecule has 5 nitrogen and oxygen atoms in total. The number of hydrogen-bond donors (Lipinski definition) is 1. The van der Waals surface area contributed by atoms with Crippen LogP contribution in [0.15, 0.2) is 0 Å². The lowest BCUT2D eigenvalue weighted by Gasteiger charge is -2.41. The molecule has 0 saturated carbocycles. The number of nitrogens with one attached hydrogen (secondary N) is 1. The van der Waals surface area contributed by atoms with Crippen LogP contribution in [0.4, 0.5) is 0 Å². The van der Waals surface area contributed by atoms with E-state index < -0.39 is 0 Å². The van der Waals surface area contributed by atoms with Gasteiger partial charge >= 0.3 is 0 Å². The van der Waals surface area contributed by atoms with Gasteiger partial charge in [0.2, 0.25) is 5.91 Å². The molecule has 1 amide bonds. The molecule has 5 heteroatoms. The molecule has 2 aliphatic rings. The lowest BCUT2D eigenvalue weighted by Crippen LogP contribution is -2.55. The summed E-state index contributed by atoms with van der Waals surface area (Å²) in [7, 11) is 0. The first-order valence-corrected chi connectivity index (χ1v) is 7.69. The van der Waals surface area contributed by atoms with Gasteiger partial charge in [-0.1, -0.05) is 13.8 Å². The van der Waals surface area contributed by atoms with Crippen LogP contribution in [0, 0.1) is 22.7 Å². The molecule has 2 heterocycles. The lowest BCUT2D eigenvalue weighted by molar-refractivity contribution is -0.145. The van der Waals surface area contributed by atoms with E-state index in [1.165, 1.54) is 0 Å². The predicted octanol–water partition coefficient (Wildman–Crippen LogP) is 0.680. The Labute approximate surface area is 121 Å². The van der Waals surface area contributed by atoms with Gasteiger partial charge in [-0.05, 0) is 18.9 Å². The van der Waals surface area contributed by atoms with Crippen molar-refractivity contribution in [1.82, 2.24) is 15.1 Å². The van der Waals surface area contributed by atoms with Gasteiger partial charge in [0.25, 0.3) is 0 Å². The highest BCUT2D eigenvalue weighted by atomic mass is 16.2. The van der Waals surface area contributed by atoms with E-state index in [4.69, 9.17) is 5.26 Å². The Bertz CT molecular complexity index is 374. The second kappa shape index (κ2) is 6.55. The Kier molecular flexibility index (Phi) is 5.00. The fraction of sp³-hybridized carbons (Fsp3) is 0.867. The summed E-state index contributed by atoms with van der Waals surface area (Å²) in [6, 6.07) is 2.18. The van der Waals surface area contributed by atoms with Crippen LogP contribution in [-0.2, 0) is 4.79 Å². The molecule has 2 saturated heterocycles. The molecule has 112 valence electrons. The Morgan fingerprint density at radius 2 is 2.05 bits per heavy atom. The quantitative estimate of drug-likeness (QED) is 0.821. The fourth-order valence-electron chi connectivity index (χ4n) is 3.33. The second-order valence-corrected chi connectivity index (χ2v) is 6.28. The van der Waals surface area contributed by atoms with Crippen LogP contribution in [-0.4, -0.2) is 61.5 Å². The summed E-state index contributed by atoms with van der Waals surface area (Å²) in [6.07, 6.45) is 1.53. The SMILES string of the molecule is CC(C)C1(C(=O)N2CCN(CCC#N)CC2)CCNC1. The molecule has 0 aromatic carbocycles. The van der Waals surface area contributed by atoms with Gasteiger partial charge in [-0.25, -0.2) is 0 Å². The first-order chi connectivity index (χ1) is 9.60. The third-order valence-electron chi connectivity index (χ3n) is 4.92. The van der Waals surface area contributed by atoms with Gasteiger partial charge in [0.05, 0.1) is 11.5 Å². The fourth-order valence-corrected chi connectivity index (χ4v) is 3.33. The van der Waals surface area contributed by atoms with E-state index in [1.807, 2.05) is 4.90 Å². The summed E-state index contributed by atoms with van der Waals surface area (Å²) in [6.45, 7) is 10.3. The monoisotopic (exact) mass is 278 g/mol. The molecule has 0 aromatic heterocycles. The van der Waals surface area contributed by atoms with Crippen molar-refractivity contribution in [3.8, 4) is 6.07 Å². The Morgan fingerprint density at radius 3 is 2.55 bits per heavy atom. The number of nitriles is 1. The first kappa shape index (κ1) is 15.3. The molecule has 2 aliphatic heterocycles. The summed E-state index contributed by atoms with van der Waals surface area (Å²) in [5.74, 6) is 0.707. The van der Waals surface area contributed by atoms with Gasteiger partial charge in [-0.15, -0.1) is 0 Å². The van der Waals surface area contributed by atoms with Gasteiger partial charge in [0.15, 0.2) is 0 Å². The molecule has 2 rings (SSSR count). The molecule has 1 atom stereocenters.